The average molecular weight is 279 g/mol. The summed E-state index contributed by atoms with van der Waals surface area (Å²) in [4.78, 5) is 0. The van der Waals surface area contributed by atoms with E-state index in [2.05, 4.69) is 66.8 Å². The van der Waals surface area contributed by atoms with Crippen molar-refractivity contribution in [3.05, 3.63) is 71.3 Å². The van der Waals surface area contributed by atoms with Crippen molar-refractivity contribution in [2.75, 3.05) is 6.54 Å². The molecule has 0 bridgehead atoms. The van der Waals surface area contributed by atoms with Gasteiger partial charge >= 0.3 is 0 Å². The second kappa shape index (κ2) is 6.91. The third-order valence-electron chi connectivity index (χ3n) is 4.37. The molecule has 1 saturated carbocycles. The van der Waals surface area contributed by atoms with Crippen molar-refractivity contribution in [1.82, 2.24) is 5.32 Å². The molecule has 1 aliphatic rings. The fraction of sp³-hybridized carbons (Fsp3) is 0.400. The van der Waals surface area contributed by atoms with Crippen molar-refractivity contribution in [1.29, 1.82) is 0 Å². The molecular weight excluding hydrogens is 254 g/mol. The molecule has 0 radical (unpaired) electrons. The minimum Gasteiger partial charge on any atom is -0.313 e. The van der Waals surface area contributed by atoms with Crippen LogP contribution in [-0.2, 0) is 6.42 Å². The molecule has 1 aliphatic carbocycles. The molecular formula is C20H25N. The van der Waals surface area contributed by atoms with E-state index in [4.69, 9.17) is 0 Å². The van der Waals surface area contributed by atoms with Crippen LogP contribution in [0.5, 0.6) is 0 Å². The second-order valence-electron chi connectivity index (χ2n) is 6.32. The van der Waals surface area contributed by atoms with Crippen LogP contribution in [0.25, 0.3) is 0 Å². The fourth-order valence-corrected chi connectivity index (χ4v) is 2.92. The summed E-state index contributed by atoms with van der Waals surface area (Å²) in [5.74, 6) is 0.618. The summed E-state index contributed by atoms with van der Waals surface area (Å²) >= 11 is 0. The van der Waals surface area contributed by atoms with Crippen molar-refractivity contribution in [3.63, 3.8) is 0 Å². The van der Waals surface area contributed by atoms with Gasteiger partial charge in [0.25, 0.3) is 0 Å². The van der Waals surface area contributed by atoms with Crippen LogP contribution in [0.2, 0.25) is 0 Å². The quantitative estimate of drug-likeness (QED) is 0.789. The van der Waals surface area contributed by atoms with Gasteiger partial charge in [0.1, 0.15) is 0 Å². The highest BCUT2D eigenvalue weighted by Gasteiger charge is 2.22. The minimum atomic E-state index is 0.618. The predicted molar refractivity (Wildman–Crippen MR) is 89.7 cm³/mol. The molecule has 21 heavy (non-hydrogen) atoms. The Morgan fingerprint density at radius 2 is 1.86 bits per heavy atom. The highest BCUT2D eigenvalue weighted by Crippen LogP contribution is 2.24. The smallest absolute Gasteiger partial charge is 0.00684 e. The normalized spacial score (nSPS) is 15.9. The molecule has 110 valence electrons. The molecule has 2 aromatic carbocycles. The van der Waals surface area contributed by atoms with Crippen LogP contribution < -0.4 is 5.32 Å². The van der Waals surface area contributed by atoms with E-state index in [0.29, 0.717) is 5.92 Å². The summed E-state index contributed by atoms with van der Waals surface area (Å²) in [6, 6.07) is 20.7. The molecule has 1 nitrogen and oxygen atoms in total. The van der Waals surface area contributed by atoms with Crippen LogP contribution in [-0.4, -0.2) is 12.6 Å². The topological polar surface area (TPSA) is 12.0 Å². The fourth-order valence-electron chi connectivity index (χ4n) is 2.92. The van der Waals surface area contributed by atoms with E-state index in [-0.39, 0.29) is 0 Å². The summed E-state index contributed by atoms with van der Waals surface area (Å²) in [7, 11) is 0. The molecule has 0 spiro atoms. The zero-order valence-corrected chi connectivity index (χ0v) is 12.9. The molecule has 0 saturated heterocycles. The van der Waals surface area contributed by atoms with Gasteiger partial charge in [-0.15, -0.1) is 0 Å². The molecule has 1 unspecified atom stereocenters. The average Bonchev–Trinajstić information content (AvgIpc) is 3.32. The molecule has 1 fully saturated rings. The molecule has 0 heterocycles. The third-order valence-corrected chi connectivity index (χ3v) is 4.37. The van der Waals surface area contributed by atoms with Crippen molar-refractivity contribution < 1.29 is 0 Å². The Kier molecular flexibility index (Phi) is 4.72. The van der Waals surface area contributed by atoms with Gasteiger partial charge in [-0.2, -0.15) is 0 Å². The second-order valence-corrected chi connectivity index (χ2v) is 6.32. The Morgan fingerprint density at radius 3 is 2.57 bits per heavy atom. The van der Waals surface area contributed by atoms with E-state index in [9.17, 15) is 0 Å². The first-order chi connectivity index (χ1) is 10.3. The first kappa shape index (κ1) is 14.3. The van der Waals surface area contributed by atoms with Crippen LogP contribution in [0.15, 0.2) is 54.6 Å². The lowest BCUT2D eigenvalue weighted by Gasteiger charge is -2.18. The van der Waals surface area contributed by atoms with Gasteiger partial charge in [-0.25, -0.2) is 0 Å². The Bertz CT molecular complexity index is 557. The first-order valence-electron chi connectivity index (χ1n) is 8.15. The van der Waals surface area contributed by atoms with Crippen LogP contribution in [0.3, 0.4) is 0 Å². The van der Waals surface area contributed by atoms with Crippen molar-refractivity contribution in [2.45, 2.75) is 44.6 Å². The summed E-state index contributed by atoms with van der Waals surface area (Å²) in [5, 5.41) is 3.70. The Hall–Kier alpha value is -1.60. The number of benzene rings is 2. The van der Waals surface area contributed by atoms with Gasteiger partial charge < -0.3 is 5.32 Å². The van der Waals surface area contributed by atoms with E-state index in [1.165, 1.54) is 36.0 Å². The van der Waals surface area contributed by atoms with E-state index >= 15 is 0 Å². The zero-order chi connectivity index (χ0) is 14.5. The maximum absolute atomic E-state index is 3.70. The van der Waals surface area contributed by atoms with Gasteiger partial charge in [-0.05, 0) is 49.7 Å². The van der Waals surface area contributed by atoms with Crippen molar-refractivity contribution in [2.24, 2.45) is 0 Å². The summed E-state index contributed by atoms with van der Waals surface area (Å²) in [6.45, 7) is 3.29. The lowest BCUT2D eigenvalue weighted by Crippen LogP contribution is -2.24. The van der Waals surface area contributed by atoms with Gasteiger partial charge in [0.15, 0.2) is 0 Å². The third kappa shape index (κ3) is 4.44. The standard InChI is InChI=1S/C20H25N/c1-16-6-5-7-17(14-16)10-11-19(15-21-20-12-13-20)18-8-3-2-4-9-18/h2-9,14,19-21H,10-13,15H2,1H3. The lowest BCUT2D eigenvalue weighted by molar-refractivity contribution is 0.548. The first-order valence-corrected chi connectivity index (χ1v) is 8.15. The molecule has 3 rings (SSSR count). The predicted octanol–water partition coefficient (Wildman–Crippen LogP) is 4.46. The molecule has 1 N–H and O–H groups in total. The Labute approximate surface area is 128 Å². The van der Waals surface area contributed by atoms with Crippen LogP contribution in [0, 0.1) is 6.92 Å². The maximum atomic E-state index is 3.70. The number of hydrogen-bond acceptors (Lipinski definition) is 1. The van der Waals surface area contributed by atoms with Gasteiger partial charge in [0, 0.05) is 12.6 Å². The lowest BCUT2D eigenvalue weighted by atomic mass is 9.92. The van der Waals surface area contributed by atoms with Gasteiger partial charge in [0.05, 0.1) is 0 Å². The van der Waals surface area contributed by atoms with Gasteiger partial charge in [-0.3, -0.25) is 0 Å². The Balaban J connectivity index is 1.63. The Morgan fingerprint density at radius 1 is 1.05 bits per heavy atom. The summed E-state index contributed by atoms with van der Waals surface area (Å²) < 4.78 is 0. The molecule has 1 atom stereocenters. The van der Waals surface area contributed by atoms with E-state index in [1.54, 1.807) is 0 Å². The minimum absolute atomic E-state index is 0.618. The van der Waals surface area contributed by atoms with E-state index in [1.807, 2.05) is 0 Å². The van der Waals surface area contributed by atoms with Crippen molar-refractivity contribution in [3.8, 4) is 0 Å². The summed E-state index contributed by atoms with van der Waals surface area (Å²) in [6.07, 6.45) is 5.10. The molecule has 0 amide bonds. The van der Waals surface area contributed by atoms with Gasteiger partial charge in [-0.1, -0.05) is 60.2 Å². The maximum Gasteiger partial charge on any atom is 0.00684 e. The van der Waals surface area contributed by atoms with E-state index in [0.717, 1.165) is 19.0 Å². The number of aryl methyl sites for hydroxylation is 2. The van der Waals surface area contributed by atoms with Crippen LogP contribution in [0.4, 0.5) is 0 Å². The largest absolute Gasteiger partial charge is 0.313 e. The SMILES string of the molecule is Cc1cccc(CCC(CNC2CC2)c2ccccc2)c1. The highest BCUT2D eigenvalue weighted by atomic mass is 14.9. The van der Waals surface area contributed by atoms with Crippen LogP contribution >= 0.6 is 0 Å². The van der Waals surface area contributed by atoms with Crippen molar-refractivity contribution >= 4 is 0 Å². The highest BCUT2D eigenvalue weighted by molar-refractivity contribution is 5.24. The zero-order valence-electron chi connectivity index (χ0n) is 12.9. The summed E-state index contributed by atoms with van der Waals surface area (Å²) in [5.41, 5.74) is 4.29. The molecule has 0 aromatic heterocycles. The van der Waals surface area contributed by atoms with E-state index < -0.39 is 0 Å². The number of nitrogens with one attached hydrogen (secondary N) is 1. The number of rotatable bonds is 7. The van der Waals surface area contributed by atoms with Gasteiger partial charge in [0.2, 0.25) is 0 Å². The number of hydrogen-bond donors (Lipinski definition) is 1. The van der Waals surface area contributed by atoms with Crippen LogP contribution in [0.1, 0.15) is 41.9 Å². The monoisotopic (exact) mass is 279 g/mol. The molecule has 1 heteroatoms. The molecule has 0 aliphatic heterocycles. The molecule has 2 aromatic rings.